The van der Waals surface area contributed by atoms with Crippen molar-refractivity contribution in [3.8, 4) is 0 Å². The van der Waals surface area contributed by atoms with Crippen LogP contribution in [-0.4, -0.2) is 4.57 Å². The first-order valence-corrected chi connectivity index (χ1v) is 6.74. The van der Waals surface area contributed by atoms with Crippen LogP contribution in [0.4, 0.5) is 4.39 Å². The van der Waals surface area contributed by atoms with Crippen molar-refractivity contribution in [3.05, 3.63) is 66.3 Å². The van der Waals surface area contributed by atoms with E-state index in [0.29, 0.717) is 14.6 Å². The van der Waals surface area contributed by atoms with Crippen molar-refractivity contribution in [1.82, 2.24) is 4.57 Å². The summed E-state index contributed by atoms with van der Waals surface area (Å²) in [5.74, 6) is -0.302. The van der Waals surface area contributed by atoms with Crippen molar-refractivity contribution in [2.75, 3.05) is 0 Å². The van der Waals surface area contributed by atoms with Crippen molar-refractivity contribution in [2.45, 2.75) is 6.54 Å². The van der Waals surface area contributed by atoms with Crippen LogP contribution in [0.25, 0.3) is 0 Å². The number of halogens is 3. The maximum atomic E-state index is 13.1. The molecule has 2 rings (SSSR count). The molecule has 1 aromatic carbocycles. The third kappa shape index (κ3) is 2.95. The number of pyridine rings is 1. The van der Waals surface area contributed by atoms with E-state index in [1.807, 2.05) is 28.7 Å². The molecule has 2 aromatic rings. The van der Waals surface area contributed by atoms with Crippen LogP contribution in [0.15, 0.2) is 45.8 Å². The van der Waals surface area contributed by atoms with E-state index < -0.39 is 0 Å². The van der Waals surface area contributed by atoms with Crippen molar-refractivity contribution in [3.63, 3.8) is 0 Å². The molecule has 2 nitrogen and oxygen atoms in total. The quantitative estimate of drug-likeness (QED) is 0.699. The zero-order valence-electron chi connectivity index (χ0n) is 8.66. The Hall–Kier alpha value is -0.690. The van der Waals surface area contributed by atoms with E-state index in [4.69, 9.17) is 0 Å². The minimum absolute atomic E-state index is 0.0338. The van der Waals surface area contributed by atoms with Gasteiger partial charge in [0.25, 0.3) is 5.56 Å². The highest BCUT2D eigenvalue weighted by Crippen LogP contribution is 2.17. The molecule has 0 amide bonds. The Balaban J connectivity index is 2.35. The van der Waals surface area contributed by atoms with Crippen LogP contribution in [-0.2, 0) is 6.54 Å². The molecule has 0 spiro atoms. The van der Waals surface area contributed by atoms with Crippen LogP contribution >= 0.6 is 38.5 Å². The summed E-state index contributed by atoms with van der Waals surface area (Å²) in [4.78, 5) is 11.8. The molecule has 0 radical (unpaired) electrons. The van der Waals surface area contributed by atoms with E-state index in [2.05, 4.69) is 15.9 Å². The maximum absolute atomic E-state index is 13.1. The molecule has 0 saturated carbocycles. The monoisotopic (exact) mass is 407 g/mol. The second-order valence-corrected chi connectivity index (χ2v) is 5.55. The zero-order chi connectivity index (χ0) is 12.4. The second-order valence-electron chi connectivity index (χ2n) is 3.54. The number of nitrogens with zero attached hydrogens (tertiary/aromatic N) is 1. The Morgan fingerprint density at radius 3 is 2.82 bits per heavy atom. The normalized spacial score (nSPS) is 10.5. The first kappa shape index (κ1) is 12.8. The summed E-state index contributed by atoms with van der Waals surface area (Å²) in [6.07, 6.45) is 1.72. The zero-order valence-corrected chi connectivity index (χ0v) is 12.4. The molecular formula is C12H8BrFINO. The van der Waals surface area contributed by atoms with E-state index in [9.17, 15) is 9.18 Å². The van der Waals surface area contributed by atoms with Gasteiger partial charge in [0, 0.05) is 6.20 Å². The lowest BCUT2D eigenvalue weighted by Gasteiger charge is -2.06. The van der Waals surface area contributed by atoms with Gasteiger partial charge in [0.2, 0.25) is 0 Å². The van der Waals surface area contributed by atoms with Crippen LogP contribution in [0.5, 0.6) is 0 Å². The van der Waals surface area contributed by atoms with E-state index >= 15 is 0 Å². The summed E-state index contributed by atoms with van der Waals surface area (Å²) in [7, 11) is 0. The molecule has 0 fully saturated rings. The first-order chi connectivity index (χ1) is 8.08. The van der Waals surface area contributed by atoms with Crippen molar-refractivity contribution < 1.29 is 4.39 Å². The van der Waals surface area contributed by atoms with Crippen molar-refractivity contribution in [1.29, 1.82) is 0 Å². The largest absolute Gasteiger partial charge is 0.310 e. The lowest BCUT2D eigenvalue weighted by molar-refractivity contribution is 0.619. The molecule has 0 aliphatic rings. The fourth-order valence-electron chi connectivity index (χ4n) is 1.47. The van der Waals surface area contributed by atoms with E-state index in [1.165, 1.54) is 6.07 Å². The lowest BCUT2D eigenvalue weighted by atomic mass is 10.2. The van der Waals surface area contributed by atoms with Gasteiger partial charge in [-0.2, -0.15) is 0 Å². The minimum atomic E-state index is -0.302. The summed E-state index contributed by atoms with van der Waals surface area (Å²) < 4.78 is 15.7. The lowest BCUT2D eigenvalue weighted by Crippen LogP contribution is -2.21. The van der Waals surface area contributed by atoms with E-state index in [-0.39, 0.29) is 11.4 Å². The summed E-state index contributed by atoms with van der Waals surface area (Å²) in [5.41, 5.74) is 0.843. The van der Waals surface area contributed by atoms with Gasteiger partial charge in [0.1, 0.15) is 5.82 Å². The van der Waals surface area contributed by atoms with E-state index in [0.717, 1.165) is 5.56 Å². The second kappa shape index (κ2) is 5.30. The maximum Gasteiger partial charge on any atom is 0.264 e. The highest BCUT2D eigenvalue weighted by atomic mass is 127. The SMILES string of the molecule is O=c1c(I)cccn1Cc1ccc(F)c(Br)c1. The number of rotatable bonds is 2. The van der Waals surface area contributed by atoms with Crippen LogP contribution < -0.4 is 5.56 Å². The summed E-state index contributed by atoms with van der Waals surface area (Å²) in [6, 6.07) is 8.33. The topological polar surface area (TPSA) is 22.0 Å². The molecule has 17 heavy (non-hydrogen) atoms. The molecule has 0 saturated heterocycles. The van der Waals surface area contributed by atoms with Gasteiger partial charge in [-0.3, -0.25) is 4.79 Å². The third-order valence-corrected chi connectivity index (χ3v) is 3.74. The van der Waals surface area contributed by atoms with Gasteiger partial charge in [0.15, 0.2) is 0 Å². The van der Waals surface area contributed by atoms with Crippen LogP contribution in [0.3, 0.4) is 0 Å². The highest BCUT2D eigenvalue weighted by Gasteiger charge is 2.03. The number of hydrogen-bond acceptors (Lipinski definition) is 1. The number of hydrogen-bond donors (Lipinski definition) is 0. The first-order valence-electron chi connectivity index (χ1n) is 4.87. The van der Waals surface area contributed by atoms with Gasteiger partial charge < -0.3 is 4.57 Å². The molecule has 0 aliphatic heterocycles. The van der Waals surface area contributed by atoms with Gasteiger partial charge in [-0.15, -0.1) is 0 Å². The van der Waals surface area contributed by atoms with E-state index in [1.54, 1.807) is 29.0 Å². The molecule has 0 N–H and O–H groups in total. The predicted molar refractivity (Wildman–Crippen MR) is 76.6 cm³/mol. The number of benzene rings is 1. The smallest absolute Gasteiger partial charge is 0.264 e. The van der Waals surface area contributed by atoms with Gasteiger partial charge in [-0.05, 0) is 68.3 Å². The van der Waals surface area contributed by atoms with Crippen LogP contribution in [0, 0.1) is 9.39 Å². The van der Waals surface area contributed by atoms with Gasteiger partial charge in [-0.25, -0.2) is 4.39 Å². The molecular weight excluding hydrogens is 400 g/mol. The number of aromatic nitrogens is 1. The molecule has 0 aliphatic carbocycles. The van der Waals surface area contributed by atoms with Gasteiger partial charge in [-0.1, -0.05) is 6.07 Å². The predicted octanol–water partition coefficient (Wildman–Crippen LogP) is 3.40. The Bertz CT molecular complexity index is 612. The average molecular weight is 408 g/mol. The third-order valence-electron chi connectivity index (χ3n) is 2.31. The van der Waals surface area contributed by atoms with Crippen LogP contribution in [0.2, 0.25) is 0 Å². The van der Waals surface area contributed by atoms with Gasteiger partial charge in [0.05, 0.1) is 14.6 Å². The molecule has 88 valence electrons. The summed E-state index contributed by atoms with van der Waals surface area (Å²) in [5, 5.41) is 0. The molecule has 0 unspecified atom stereocenters. The average Bonchev–Trinajstić information content (AvgIpc) is 2.30. The Kier molecular flexibility index (Phi) is 3.98. The minimum Gasteiger partial charge on any atom is -0.310 e. The molecule has 0 bridgehead atoms. The van der Waals surface area contributed by atoms with Crippen molar-refractivity contribution in [2.24, 2.45) is 0 Å². The molecule has 1 aromatic heterocycles. The van der Waals surface area contributed by atoms with Crippen LogP contribution in [0.1, 0.15) is 5.56 Å². The fraction of sp³-hybridized carbons (Fsp3) is 0.0833. The molecule has 1 heterocycles. The van der Waals surface area contributed by atoms with Gasteiger partial charge >= 0.3 is 0 Å². The Morgan fingerprint density at radius 2 is 2.12 bits per heavy atom. The standard InChI is InChI=1S/C12H8BrFINO/c13-9-6-8(3-4-10(9)14)7-16-5-1-2-11(15)12(16)17/h1-6H,7H2. The molecule has 0 atom stereocenters. The fourth-order valence-corrected chi connectivity index (χ4v) is 2.41. The summed E-state index contributed by atoms with van der Waals surface area (Å²) in [6.45, 7) is 0.439. The Labute approximate surface area is 120 Å². The van der Waals surface area contributed by atoms with Crippen molar-refractivity contribution >= 4 is 38.5 Å². The Morgan fingerprint density at radius 1 is 1.35 bits per heavy atom. The molecule has 5 heteroatoms. The highest BCUT2D eigenvalue weighted by molar-refractivity contribution is 14.1. The summed E-state index contributed by atoms with van der Waals surface area (Å²) >= 11 is 5.13.